The molecule has 1 heterocycles. The molecule has 2 rings (SSSR count). The molecule has 0 aromatic rings. The van der Waals surface area contributed by atoms with E-state index in [-0.39, 0.29) is 29.1 Å². The zero-order valence-electron chi connectivity index (χ0n) is 12.4. The van der Waals surface area contributed by atoms with Crippen LogP contribution in [0.4, 0.5) is 17.6 Å². The van der Waals surface area contributed by atoms with Gasteiger partial charge >= 0.3 is 20.6 Å². The second-order valence-electron chi connectivity index (χ2n) is 6.02. The largest absolute Gasteiger partial charge is 0.451 e. The number of rotatable bonds is 5. The van der Waals surface area contributed by atoms with E-state index in [1.54, 1.807) is 0 Å². The third kappa shape index (κ3) is 2.93. The lowest BCUT2D eigenvalue weighted by molar-refractivity contribution is -0.163. The smallest absolute Gasteiger partial charge is 0.235 e. The minimum absolute atomic E-state index is 0.142. The number of alkyl halides is 4. The van der Waals surface area contributed by atoms with E-state index in [0.29, 0.717) is 6.42 Å². The maximum absolute atomic E-state index is 13.9. The molecule has 2 unspecified atom stereocenters. The average molecular weight is 399 g/mol. The SMILES string of the molecule is O=S(=O)(OO)C(F)(F)C(F)(F)S(=O)(=O)N1CCC2CCCCC2C1. The second kappa shape index (κ2) is 6.34. The number of fused-ring (bicyclic) bond motifs is 1. The van der Waals surface area contributed by atoms with Crippen molar-refractivity contribution in [3.05, 3.63) is 0 Å². The summed E-state index contributed by atoms with van der Waals surface area (Å²) in [5.74, 6) is -0.0822. The number of sulfonamides is 1. The van der Waals surface area contributed by atoms with Gasteiger partial charge in [-0.05, 0) is 24.7 Å². The number of hydrogen-bond acceptors (Lipinski definition) is 6. The summed E-state index contributed by atoms with van der Waals surface area (Å²) in [5.41, 5.74) is 0. The third-order valence-electron chi connectivity index (χ3n) is 4.67. The number of piperidine rings is 1. The molecular formula is C11H17F4NO6S2. The lowest BCUT2D eigenvalue weighted by Crippen LogP contribution is -2.59. The van der Waals surface area contributed by atoms with Gasteiger partial charge in [0.2, 0.25) is 0 Å². The standard InChI is InChI=1S/C11H17F4NO6S2/c12-10(13,11(14,15)24(20,21)22-17)23(18,19)16-6-5-8-3-1-2-4-9(8)7-16/h8-9,17H,1-7H2. The van der Waals surface area contributed by atoms with Crippen molar-refractivity contribution in [3.63, 3.8) is 0 Å². The molecule has 0 aromatic heterocycles. The number of halogens is 4. The second-order valence-corrected chi connectivity index (χ2v) is 9.57. The minimum atomic E-state index is -6.53. The van der Waals surface area contributed by atoms with E-state index in [4.69, 9.17) is 5.26 Å². The van der Waals surface area contributed by atoms with Crippen molar-refractivity contribution in [1.82, 2.24) is 4.31 Å². The van der Waals surface area contributed by atoms with Crippen LogP contribution in [-0.4, -0.2) is 50.0 Å². The van der Waals surface area contributed by atoms with E-state index in [1.165, 1.54) is 0 Å². The summed E-state index contributed by atoms with van der Waals surface area (Å²) < 4.78 is 103. The molecule has 0 amide bonds. The molecule has 0 spiro atoms. The summed E-state index contributed by atoms with van der Waals surface area (Å²) in [5, 5.41) is -4.21. The molecule has 2 atom stereocenters. The van der Waals surface area contributed by atoms with Crippen molar-refractivity contribution in [2.45, 2.75) is 42.6 Å². The maximum Gasteiger partial charge on any atom is 0.451 e. The van der Waals surface area contributed by atoms with E-state index in [2.05, 4.69) is 4.33 Å². The maximum atomic E-state index is 13.9. The Kier molecular flexibility index (Phi) is 5.24. The fourth-order valence-corrected chi connectivity index (χ4v) is 5.66. The fraction of sp³-hybridized carbons (Fsp3) is 1.00. The van der Waals surface area contributed by atoms with E-state index < -0.39 is 37.2 Å². The van der Waals surface area contributed by atoms with Crippen molar-refractivity contribution in [3.8, 4) is 0 Å². The van der Waals surface area contributed by atoms with Crippen LogP contribution in [0.25, 0.3) is 0 Å². The topological polar surface area (TPSA) is 101 Å². The lowest BCUT2D eigenvalue weighted by Gasteiger charge is -2.41. The highest BCUT2D eigenvalue weighted by Gasteiger charge is 2.75. The number of hydrogen-bond donors (Lipinski definition) is 1. The van der Waals surface area contributed by atoms with Gasteiger partial charge in [-0.15, -0.1) is 4.33 Å². The molecule has 2 aliphatic rings. The monoisotopic (exact) mass is 399 g/mol. The molecule has 142 valence electrons. The quantitative estimate of drug-likeness (QED) is 0.430. The van der Waals surface area contributed by atoms with Crippen LogP contribution in [-0.2, 0) is 24.5 Å². The van der Waals surface area contributed by atoms with Gasteiger partial charge in [-0.2, -0.15) is 30.3 Å². The van der Waals surface area contributed by atoms with Gasteiger partial charge in [0.1, 0.15) is 0 Å². The van der Waals surface area contributed by atoms with Crippen LogP contribution in [0.5, 0.6) is 0 Å². The van der Waals surface area contributed by atoms with Crippen LogP contribution in [0, 0.1) is 11.8 Å². The Labute approximate surface area is 136 Å². The summed E-state index contributed by atoms with van der Waals surface area (Å²) in [7, 11) is -12.5. The normalized spacial score (nSPS) is 27.7. The first-order valence-electron chi connectivity index (χ1n) is 7.21. The van der Waals surface area contributed by atoms with E-state index in [1.807, 2.05) is 0 Å². The first-order valence-corrected chi connectivity index (χ1v) is 10.1. The molecule has 13 heteroatoms. The van der Waals surface area contributed by atoms with Gasteiger partial charge in [0, 0.05) is 13.1 Å². The molecule has 1 saturated carbocycles. The minimum Gasteiger partial charge on any atom is -0.235 e. The molecule has 1 N–H and O–H groups in total. The highest BCUT2D eigenvalue weighted by atomic mass is 32.2. The summed E-state index contributed by atoms with van der Waals surface area (Å²) >= 11 is 0. The van der Waals surface area contributed by atoms with Gasteiger partial charge in [0.05, 0.1) is 0 Å². The summed E-state index contributed by atoms with van der Waals surface area (Å²) in [6, 6.07) is 0. The molecule has 0 radical (unpaired) electrons. The van der Waals surface area contributed by atoms with Crippen molar-refractivity contribution in [1.29, 1.82) is 0 Å². The van der Waals surface area contributed by atoms with Crippen molar-refractivity contribution in [2.24, 2.45) is 11.8 Å². The fourth-order valence-electron chi connectivity index (χ4n) is 3.29. The predicted molar refractivity (Wildman–Crippen MR) is 73.1 cm³/mol. The highest BCUT2D eigenvalue weighted by Crippen LogP contribution is 2.46. The van der Waals surface area contributed by atoms with Gasteiger partial charge in [0.25, 0.3) is 10.0 Å². The zero-order chi connectivity index (χ0) is 18.4. The molecule has 7 nitrogen and oxygen atoms in total. The van der Waals surface area contributed by atoms with Crippen LogP contribution in [0.15, 0.2) is 0 Å². The Bertz CT molecular complexity index is 681. The first-order chi connectivity index (χ1) is 10.9. The molecular weight excluding hydrogens is 382 g/mol. The molecule has 1 aliphatic carbocycles. The Morgan fingerprint density at radius 2 is 1.46 bits per heavy atom. The molecule has 24 heavy (non-hydrogen) atoms. The third-order valence-corrected chi connectivity index (χ3v) is 7.79. The predicted octanol–water partition coefficient (Wildman–Crippen LogP) is 1.83. The zero-order valence-corrected chi connectivity index (χ0v) is 14.0. The summed E-state index contributed by atoms with van der Waals surface area (Å²) in [6.45, 7) is -0.756. The van der Waals surface area contributed by atoms with Crippen molar-refractivity contribution < 1.29 is 44.0 Å². The average Bonchev–Trinajstić information content (AvgIpc) is 2.53. The Balaban J connectivity index is 2.32. The van der Waals surface area contributed by atoms with Crippen LogP contribution in [0.2, 0.25) is 0 Å². The van der Waals surface area contributed by atoms with Gasteiger partial charge in [-0.3, -0.25) is 0 Å². The van der Waals surface area contributed by atoms with Gasteiger partial charge in [-0.1, -0.05) is 19.3 Å². The van der Waals surface area contributed by atoms with E-state index >= 15 is 0 Å². The molecule has 0 aromatic carbocycles. The van der Waals surface area contributed by atoms with Crippen LogP contribution in [0.3, 0.4) is 0 Å². The summed E-state index contributed by atoms with van der Waals surface area (Å²) in [6.07, 6.45) is 3.38. The highest BCUT2D eigenvalue weighted by molar-refractivity contribution is 7.93. The Hall–Kier alpha value is -0.500. The van der Waals surface area contributed by atoms with Crippen LogP contribution in [0.1, 0.15) is 32.1 Å². The molecule has 1 saturated heterocycles. The van der Waals surface area contributed by atoms with Crippen molar-refractivity contribution >= 4 is 20.1 Å². The Morgan fingerprint density at radius 1 is 0.917 bits per heavy atom. The number of nitrogens with zero attached hydrogens (tertiary/aromatic N) is 1. The van der Waals surface area contributed by atoms with Gasteiger partial charge in [-0.25, -0.2) is 13.7 Å². The van der Waals surface area contributed by atoms with Crippen LogP contribution >= 0.6 is 0 Å². The molecule has 2 fully saturated rings. The molecule has 0 bridgehead atoms. The van der Waals surface area contributed by atoms with Gasteiger partial charge < -0.3 is 0 Å². The van der Waals surface area contributed by atoms with Crippen LogP contribution < -0.4 is 0 Å². The summed E-state index contributed by atoms with van der Waals surface area (Å²) in [4.78, 5) is 0. The van der Waals surface area contributed by atoms with E-state index in [9.17, 15) is 34.4 Å². The first kappa shape index (κ1) is 19.8. The van der Waals surface area contributed by atoms with E-state index in [0.717, 1.165) is 19.3 Å². The Morgan fingerprint density at radius 3 is 2.00 bits per heavy atom. The molecule has 1 aliphatic heterocycles. The van der Waals surface area contributed by atoms with Gasteiger partial charge in [0.15, 0.2) is 0 Å². The lowest BCUT2D eigenvalue weighted by atomic mass is 9.76. The van der Waals surface area contributed by atoms with Crippen molar-refractivity contribution in [2.75, 3.05) is 13.1 Å².